The van der Waals surface area contributed by atoms with E-state index in [1.807, 2.05) is 0 Å². The fourth-order valence-electron chi connectivity index (χ4n) is 0.419. The van der Waals surface area contributed by atoms with Gasteiger partial charge in [-0.25, -0.2) is 11.7 Å². The predicted molar refractivity (Wildman–Crippen MR) is 33.2 cm³/mol. The number of nitrogens with two attached hydrogens (primary N) is 2. The van der Waals surface area contributed by atoms with Crippen molar-refractivity contribution >= 4 is 11.6 Å². The van der Waals surface area contributed by atoms with E-state index in [-0.39, 0.29) is 11.6 Å². The van der Waals surface area contributed by atoms with E-state index in [2.05, 4.69) is 31.5 Å². The molecule has 0 radical (unpaired) electrons. The summed E-state index contributed by atoms with van der Waals surface area (Å²) in [5.74, 6) is 10.5. The number of nitrogen functional groups attached to an aromatic ring is 2. The summed E-state index contributed by atoms with van der Waals surface area (Å²) in [5.41, 5.74) is 4.46. The Morgan fingerprint density at radius 2 is 1.30 bits per heavy atom. The SMILES string of the molecule is NNc1nnnnc1NN. The van der Waals surface area contributed by atoms with Crippen LogP contribution in [0.25, 0.3) is 0 Å². The second-order valence-corrected chi connectivity index (χ2v) is 1.36. The lowest BCUT2D eigenvalue weighted by Gasteiger charge is -2.00. The highest BCUT2D eigenvalue weighted by Crippen LogP contribution is 2.07. The monoisotopic (exact) mass is 142 g/mol. The van der Waals surface area contributed by atoms with E-state index in [4.69, 9.17) is 11.7 Å². The summed E-state index contributed by atoms with van der Waals surface area (Å²) >= 11 is 0. The normalized spacial score (nSPS) is 9.00. The Balaban J connectivity index is 2.96. The lowest BCUT2D eigenvalue weighted by molar-refractivity contribution is 0.766. The number of nitrogens with one attached hydrogen (secondary N) is 2. The highest BCUT2D eigenvalue weighted by molar-refractivity contribution is 5.55. The molecule has 0 fully saturated rings. The van der Waals surface area contributed by atoms with Gasteiger partial charge in [-0.15, -0.1) is 10.2 Å². The number of anilines is 2. The van der Waals surface area contributed by atoms with Gasteiger partial charge in [0.25, 0.3) is 0 Å². The quantitative estimate of drug-likeness (QED) is 0.271. The maximum absolute atomic E-state index is 5.01. The molecule has 0 unspecified atom stereocenters. The van der Waals surface area contributed by atoms with Gasteiger partial charge in [-0.1, -0.05) is 0 Å². The molecule has 54 valence electrons. The molecule has 0 aromatic carbocycles. The van der Waals surface area contributed by atoms with Crippen molar-refractivity contribution in [1.29, 1.82) is 0 Å². The first kappa shape index (κ1) is 6.58. The van der Waals surface area contributed by atoms with Gasteiger partial charge in [-0.3, -0.25) is 0 Å². The van der Waals surface area contributed by atoms with Crippen LogP contribution in [0.15, 0.2) is 0 Å². The summed E-state index contributed by atoms with van der Waals surface area (Å²) in [6, 6.07) is 0. The minimum atomic E-state index is 0.248. The summed E-state index contributed by atoms with van der Waals surface area (Å²) in [4.78, 5) is 0. The summed E-state index contributed by atoms with van der Waals surface area (Å²) in [6.45, 7) is 0. The maximum Gasteiger partial charge on any atom is 0.210 e. The van der Waals surface area contributed by atoms with Gasteiger partial charge in [-0.2, -0.15) is 0 Å². The smallest absolute Gasteiger partial charge is 0.210 e. The molecular formula is C2H6N8. The van der Waals surface area contributed by atoms with Crippen LogP contribution in [0.5, 0.6) is 0 Å². The van der Waals surface area contributed by atoms with Crippen LogP contribution in [-0.2, 0) is 0 Å². The van der Waals surface area contributed by atoms with Gasteiger partial charge in [0.15, 0.2) is 0 Å². The van der Waals surface area contributed by atoms with E-state index in [1.165, 1.54) is 0 Å². The van der Waals surface area contributed by atoms with Crippen LogP contribution < -0.4 is 22.5 Å². The van der Waals surface area contributed by atoms with Crippen LogP contribution in [0.4, 0.5) is 11.6 Å². The standard InChI is InChI=1S/C2H6N8/c3-5-1-2(6-4)8-10-9-7-1/h3-4H2,(H,5,7,10)(H,6,8,9). The molecule has 10 heavy (non-hydrogen) atoms. The second kappa shape index (κ2) is 2.85. The molecule has 0 amide bonds. The van der Waals surface area contributed by atoms with Crippen molar-refractivity contribution < 1.29 is 0 Å². The minimum absolute atomic E-state index is 0.248. The number of hydrazine groups is 2. The molecule has 0 atom stereocenters. The van der Waals surface area contributed by atoms with Crippen LogP contribution in [0, 0.1) is 0 Å². The number of hydrogen-bond acceptors (Lipinski definition) is 8. The van der Waals surface area contributed by atoms with Crippen LogP contribution in [0.2, 0.25) is 0 Å². The van der Waals surface area contributed by atoms with Crippen LogP contribution in [0.3, 0.4) is 0 Å². The molecule has 0 bridgehead atoms. The molecule has 0 aliphatic carbocycles. The number of rotatable bonds is 2. The maximum atomic E-state index is 5.01. The molecular weight excluding hydrogens is 136 g/mol. The number of aromatic nitrogens is 4. The molecule has 8 heteroatoms. The average Bonchev–Trinajstić information content (AvgIpc) is 2.04. The van der Waals surface area contributed by atoms with Gasteiger partial charge < -0.3 is 10.9 Å². The Bertz CT molecular complexity index is 185. The van der Waals surface area contributed by atoms with Crippen molar-refractivity contribution in [3.05, 3.63) is 0 Å². The van der Waals surface area contributed by atoms with E-state index in [0.717, 1.165) is 0 Å². The Labute approximate surface area is 55.9 Å². The van der Waals surface area contributed by atoms with Gasteiger partial charge in [0.1, 0.15) is 0 Å². The third kappa shape index (κ3) is 1.06. The zero-order valence-corrected chi connectivity index (χ0v) is 4.94. The van der Waals surface area contributed by atoms with Crippen molar-refractivity contribution in [3.63, 3.8) is 0 Å². The number of hydrogen-bond donors (Lipinski definition) is 4. The van der Waals surface area contributed by atoms with Crippen molar-refractivity contribution in [2.24, 2.45) is 11.7 Å². The fourth-order valence-corrected chi connectivity index (χ4v) is 0.419. The Morgan fingerprint density at radius 3 is 1.60 bits per heavy atom. The molecule has 1 heterocycles. The lowest BCUT2D eigenvalue weighted by Crippen LogP contribution is -2.17. The molecule has 0 aliphatic rings. The lowest BCUT2D eigenvalue weighted by atomic mass is 10.7. The highest BCUT2D eigenvalue weighted by Gasteiger charge is 2.00. The third-order valence-corrected chi connectivity index (χ3v) is 0.827. The van der Waals surface area contributed by atoms with Crippen molar-refractivity contribution in [2.75, 3.05) is 10.9 Å². The molecule has 1 rings (SSSR count). The summed E-state index contributed by atoms with van der Waals surface area (Å²) in [7, 11) is 0. The molecule has 1 aromatic rings. The van der Waals surface area contributed by atoms with Crippen molar-refractivity contribution in [2.45, 2.75) is 0 Å². The Morgan fingerprint density at radius 1 is 0.900 bits per heavy atom. The van der Waals surface area contributed by atoms with E-state index in [1.54, 1.807) is 0 Å². The summed E-state index contributed by atoms with van der Waals surface area (Å²) in [6.07, 6.45) is 0. The van der Waals surface area contributed by atoms with Crippen molar-refractivity contribution in [3.8, 4) is 0 Å². The highest BCUT2D eigenvalue weighted by atomic mass is 15.5. The van der Waals surface area contributed by atoms with Crippen LogP contribution >= 0.6 is 0 Å². The van der Waals surface area contributed by atoms with E-state index in [0.29, 0.717) is 0 Å². The average molecular weight is 142 g/mol. The summed E-state index contributed by atoms with van der Waals surface area (Å²) < 4.78 is 0. The van der Waals surface area contributed by atoms with Crippen molar-refractivity contribution in [1.82, 2.24) is 20.6 Å². The fraction of sp³-hybridized carbons (Fsp3) is 0. The molecule has 0 spiro atoms. The topological polar surface area (TPSA) is 128 Å². The van der Waals surface area contributed by atoms with E-state index >= 15 is 0 Å². The first-order valence-electron chi connectivity index (χ1n) is 2.37. The molecule has 8 nitrogen and oxygen atoms in total. The third-order valence-electron chi connectivity index (χ3n) is 0.827. The molecule has 0 aliphatic heterocycles. The van der Waals surface area contributed by atoms with Gasteiger partial charge in [0.2, 0.25) is 11.6 Å². The van der Waals surface area contributed by atoms with Gasteiger partial charge in [-0.05, 0) is 10.4 Å². The van der Waals surface area contributed by atoms with Gasteiger partial charge in [0, 0.05) is 0 Å². The molecule has 6 N–H and O–H groups in total. The zero-order valence-electron chi connectivity index (χ0n) is 4.94. The Hall–Kier alpha value is -1.54. The zero-order chi connectivity index (χ0) is 7.40. The largest absolute Gasteiger partial charge is 0.304 e. The molecule has 0 saturated heterocycles. The Kier molecular flexibility index (Phi) is 1.87. The predicted octanol–water partition coefficient (Wildman–Crippen LogP) is -2.16. The molecule has 1 aromatic heterocycles. The van der Waals surface area contributed by atoms with Gasteiger partial charge in [0.05, 0.1) is 0 Å². The van der Waals surface area contributed by atoms with E-state index in [9.17, 15) is 0 Å². The molecule has 0 saturated carbocycles. The second-order valence-electron chi connectivity index (χ2n) is 1.36. The summed E-state index contributed by atoms with van der Waals surface area (Å²) in [5, 5.41) is 13.4. The first-order chi connectivity index (χ1) is 4.88. The minimum Gasteiger partial charge on any atom is -0.304 e. The number of nitrogens with zero attached hydrogens (tertiary/aromatic N) is 4. The van der Waals surface area contributed by atoms with E-state index < -0.39 is 0 Å². The van der Waals surface area contributed by atoms with Crippen LogP contribution in [0.1, 0.15) is 0 Å². The van der Waals surface area contributed by atoms with Gasteiger partial charge >= 0.3 is 0 Å². The first-order valence-corrected chi connectivity index (χ1v) is 2.37. The van der Waals surface area contributed by atoms with Crippen LogP contribution in [-0.4, -0.2) is 20.6 Å².